The van der Waals surface area contributed by atoms with Crippen molar-refractivity contribution in [1.29, 1.82) is 0 Å². The van der Waals surface area contributed by atoms with E-state index in [-0.39, 0.29) is 4.90 Å². The molecule has 0 amide bonds. The predicted octanol–water partition coefficient (Wildman–Crippen LogP) is 0.210. The van der Waals surface area contributed by atoms with E-state index in [2.05, 4.69) is 10.0 Å². The summed E-state index contributed by atoms with van der Waals surface area (Å²) in [5.74, 6) is 0.336. The zero-order chi connectivity index (χ0) is 14.1. The van der Waals surface area contributed by atoms with Gasteiger partial charge in [-0.3, -0.25) is 0 Å². The Kier molecular flexibility index (Phi) is 6.79. The zero-order valence-electron chi connectivity index (χ0n) is 11.2. The Morgan fingerprint density at radius 1 is 1.11 bits per heavy atom. The van der Waals surface area contributed by atoms with Crippen LogP contribution in [-0.2, 0) is 14.8 Å². The molecule has 1 rings (SSSR count). The molecule has 1 aromatic carbocycles. The van der Waals surface area contributed by atoms with E-state index in [0.717, 1.165) is 0 Å². The van der Waals surface area contributed by atoms with E-state index in [4.69, 9.17) is 9.47 Å². The minimum atomic E-state index is -3.54. The number of hydrogen-bond donors (Lipinski definition) is 2. The Balaban J connectivity index is 2.52. The molecule has 0 aliphatic rings. The van der Waals surface area contributed by atoms with Crippen molar-refractivity contribution in [2.24, 2.45) is 0 Å². The highest BCUT2D eigenvalue weighted by Gasteiger charge is 2.17. The van der Waals surface area contributed by atoms with Gasteiger partial charge in [0, 0.05) is 26.7 Å². The van der Waals surface area contributed by atoms with Gasteiger partial charge in [0.1, 0.15) is 10.6 Å². The van der Waals surface area contributed by atoms with Crippen molar-refractivity contribution in [2.45, 2.75) is 4.90 Å². The maximum absolute atomic E-state index is 12.1. The fourth-order valence-electron chi connectivity index (χ4n) is 1.49. The van der Waals surface area contributed by atoms with Crippen molar-refractivity contribution in [3.63, 3.8) is 0 Å². The molecule has 0 atom stereocenters. The van der Waals surface area contributed by atoms with Gasteiger partial charge in [-0.25, -0.2) is 13.1 Å². The van der Waals surface area contributed by atoms with E-state index in [1.165, 1.54) is 13.2 Å². The number of methoxy groups -OCH3 is 2. The van der Waals surface area contributed by atoms with E-state index in [1.807, 2.05) is 0 Å². The lowest BCUT2D eigenvalue weighted by molar-refractivity contribution is 0.199. The summed E-state index contributed by atoms with van der Waals surface area (Å²) in [6.07, 6.45) is 0. The molecule has 0 aliphatic carbocycles. The van der Waals surface area contributed by atoms with Crippen LogP contribution in [0.4, 0.5) is 0 Å². The monoisotopic (exact) mass is 288 g/mol. The van der Waals surface area contributed by atoms with Crippen LogP contribution in [0.3, 0.4) is 0 Å². The second-order valence-electron chi connectivity index (χ2n) is 3.79. The summed E-state index contributed by atoms with van der Waals surface area (Å²) >= 11 is 0. The van der Waals surface area contributed by atoms with Crippen LogP contribution in [0.5, 0.6) is 5.75 Å². The van der Waals surface area contributed by atoms with Gasteiger partial charge in [-0.2, -0.15) is 0 Å². The quantitative estimate of drug-likeness (QED) is 0.635. The van der Waals surface area contributed by atoms with Gasteiger partial charge in [-0.15, -0.1) is 0 Å². The van der Waals surface area contributed by atoms with E-state index in [0.29, 0.717) is 32.0 Å². The van der Waals surface area contributed by atoms with Crippen molar-refractivity contribution >= 4 is 10.0 Å². The summed E-state index contributed by atoms with van der Waals surface area (Å²) in [5, 5.41) is 3.06. The molecule has 1 aromatic rings. The summed E-state index contributed by atoms with van der Waals surface area (Å²) < 4.78 is 36.5. The first kappa shape index (κ1) is 15.9. The van der Waals surface area contributed by atoms with Crippen LogP contribution in [0.2, 0.25) is 0 Å². The number of ether oxygens (including phenoxy) is 2. The SMILES string of the molecule is COCCNCCNS(=O)(=O)c1ccccc1OC. The Morgan fingerprint density at radius 3 is 2.53 bits per heavy atom. The second-order valence-corrected chi connectivity index (χ2v) is 5.53. The highest BCUT2D eigenvalue weighted by Crippen LogP contribution is 2.22. The third kappa shape index (κ3) is 5.15. The van der Waals surface area contributed by atoms with Crippen molar-refractivity contribution < 1.29 is 17.9 Å². The van der Waals surface area contributed by atoms with E-state index >= 15 is 0 Å². The molecular weight excluding hydrogens is 268 g/mol. The smallest absolute Gasteiger partial charge is 0.244 e. The summed E-state index contributed by atoms with van der Waals surface area (Å²) in [4.78, 5) is 0.148. The van der Waals surface area contributed by atoms with Crippen molar-refractivity contribution in [1.82, 2.24) is 10.0 Å². The van der Waals surface area contributed by atoms with Crippen LogP contribution in [0.15, 0.2) is 29.2 Å². The molecule has 0 unspecified atom stereocenters. The third-order valence-corrected chi connectivity index (χ3v) is 3.94. The Hall–Kier alpha value is -1.15. The molecule has 0 radical (unpaired) electrons. The second kappa shape index (κ2) is 8.11. The Bertz CT molecular complexity index is 476. The molecule has 108 valence electrons. The number of benzene rings is 1. The summed E-state index contributed by atoms with van der Waals surface area (Å²) in [7, 11) is -0.480. The van der Waals surface area contributed by atoms with Crippen LogP contribution in [-0.4, -0.2) is 48.9 Å². The first-order valence-electron chi connectivity index (χ1n) is 5.94. The molecule has 0 bridgehead atoms. The van der Waals surface area contributed by atoms with Crippen LogP contribution in [0, 0.1) is 0 Å². The highest BCUT2D eigenvalue weighted by molar-refractivity contribution is 7.89. The number of hydrogen-bond acceptors (Lipinski definition) is 5. The van der Waals surface area contributed by atoms with Gasteiger partial charge in [0.05, 0.1) is 13.7 Å². The minimum Gasteiger partial charge on any atom is -0.495 e. The van der Waals surface area contributed by atoms with E-state index < -0.39 is 10.0 Å². The van der Waals surface area contributed by atoms with Crippen molar-refractivity contribution in [2.75, 3.05) is 40.5 Å². The average Bonchev–Trinajstić information content (AvgIpc) is 2.42. The van der Waals surface area contributed by atoms with Gasteiger partial charge >= 0.3 is 0 Å². The van der Waals surface area contributed by atoms with Crippen LogP contribution in [0.25, 0.3) is 0 Å². The van der Waals surface area contributed by atoms with Crippen LogP contribution < -0.4 is 14.8 Å². The molecule has 0 spiro atoms. The van der Waals surface area contributed by atoms with Crippen LogP contribution in [0.1, 0.15) is 0 Å². The Morgan fingerprint density at radius 2 is 1.84 bits per heavy atom. The molecule has 0 saturated heterocycles. The van der Waals surface area contributed by atoms with Gasteiger partial charge < -0.3 is 14.8 Å². The van der Waals surface area contributed by atoms with Gasteiger partial charge in [-0.1, -0.05) is 12.1 Å². The molecule has 2 N–H and O–H groups in total. The average molecular weight is 288 g/mol. The number of rotatable bonds is 9. The lowest BCUT2D eigenvalue weighted by Gasteiger charge is -2.10. The maximum atomic E-state index is 12.1. The first-order chi connectivity index (χ1) is 9.11. The minimum absolute atomic E-state index is 0.148. The van der Waals surface area contributed by atoms with Gasteiger partial charge in [0.25, 0.3) is 0 Å². The predicted molar refractivity (Wildman–Crippen MR) is 72.9 cm³/mol. The molecule has 0 aromatic heterocycles. The third-order valence-electron chi connectivity index (χ3n) is 2.44. The fourth-order valence-corrected chi connectivity index (χ4v) is 2.69. The highest BCUT2D eigenvalue weighted by atomic mass is 32.2. The summed E-state index contributed by atoms with van der Waals surface area (Å²) in [5.41, 5.74) is 0. The van der Waals surface area contributed by atoms with Gasteiger partial charge in [-0.05, 0) is 12.1 Å². The molecule has 7 heteroatoms. The fraction of sp³-hybridized carbons (Fsp3) is 0.500. The zero-order valence-corrected chi connectivity index (χ0v) is 12.0. The molecule has 0 fully saturated rings. The normalized spacial score (nSPS) is 11.5. The topological polar surface area (TPSA) is 76.7 Å². The lowest BCUT2D eigenvalue weighted by Crippen LogP contribution is -2.33. The lowest BCUT2D eigenvalue weighted by atomic mass is 10.3. The van der Waals surface area contributed by atoms with Gasteiger partial charge in [0.15, 0.2) is 0 Å². The maximum Gasteiger partial charge on any atom is 0.244 e. The van der Waals surface area contributed by atoms with Crippen LogP contribution >= 0.6 is 0 Å². The van der Waals surface area contributed by atoms with E-state index in [9.17, 15) is 8.42 Å². The summed E-state index contributed by atoms with van der Waals surface area (Å²) in [6.45, 7) is 2.13. The van der Waals surface area contributed by atoms with Crippen molar-refractivity contribution in [3.05, 3.63) is 24.3 Å². The molecule has 0 saturated carbocycles. The number of para-hydroxylation sites is 1. The van der Waals surface area contributed by atoms with Gasteiger partial charge in [0.2, 0.25) is 10.0 Å². The Labute approximate surface area is 114 Å². The molecular formula is C12H20N2O4S. The summed E-state index contributed by atoms with van der Waals surface area (Å²) in [6, 6.07) is 6.52. The molecule has 0 aliphatic heterocycles. The molecule has 6 nitrogen and oxygen atoms in total. The standard InChI is InChI=1S/C12H20N2O4S/c1-17-10-9-13-7-8-14-19(15,16)12-6-4-3-5-11(12)18-2/h3-6,13-14H,7-10H2,1-2H3. The largest absolute Gasteiger partial charge is 0.495 e. The number of sulfonamides is 1. The van der Waals surface area contributed by atoms with E-state index in [1.54, 1.807) is 25.3 Å². The number of nitrogens with one attached hydrogen (secondary N) is 2. The van der Waals surface area contributed by atoms with Crippen molar-refractivity contribution in [3.8, 4) is 5.75 Å². The first-order valence-corrected chi connectivity index (χ1v) is 7.42. The molecule has 0 heterocycles. The molecule has 19 heavy (non-hydrogen) atoms.